The lowest BCUT2D eigenvalue weighted by molar-refractivity contribution is -0.197. The van der Waals surface area contributed by atoms with Crippen molar-refractivity contribution in [2.24, 2.45) is 0 Å². The summed E-state index contributed by atoms with van der Waals surface area (Å²) in [6.07, 6.45) is -0.835. The molecule has 1 saturated heterocycles. The summed E-state index contributed by atoms with van der Waals surface area (Å²) in [6.45, 7) is 4.07. The molecule has 0 aromatic heterocycles. The maximum absolute atomic E-state index is 13.0. The van der Waals surface area contributed by atoms with Gasteiger partial charge in [0, 0.05) is 19.1 Å². The molecule has 0 amide bonds. The van der Waals surface area contributed by atoms with Gasteiger partial charge in [-0.1, -0.05) is 6.92 Å². The van der Waals surface area contributed by atoms with Crippen molar-refractivity contribution in [2.45, 2.75) is 56.8 Å². The Morgan fingerprint density at radius 3 is 2.53 bits per heavy atom. The zero-order chi connectivity index (χ0) is 12.5. The highest BCUT2D eigenvalue weighted by atomic mass is 19.4. The van der Waals surface area contributed by atoms with Crippen LogP contribution in [0.3, 0.4) is 0 Å². The number of hydrogen-bond acceptors (Lipinski definition) is 2. The molecule has 1 saturated carbocycles. The van der Waals surface area contributed by atoms with Gasteiger partial charge in [-0.2, -0.15) is 13.2 Å². The first-order chi connectivity index (χ1) is 7.99. The molecule has 2 nitrogen and oxygen atoms in total. The molecule has 1 aliphatic carbocycles. The van der Waals surface area contributed by atoms with Gasteiger partial charge < -0.3 is 5.32 Å². The van der Waals surface area contributed by atoms with Crippen LogP contribution in [0.5, 0.6) is 0 Å². The highest BCUT2D eigenvalue weighted by molar-refractivity contribution is 5.09. The molecule has 1 aliphatic heterocycles. The van der Waals surface area contributed by atoms with E-state index >= 15 is 0 Å². The quantitative estimate of drug-likeness (QED) is 0.810. The predicted octanol–water partition coefficient (Wildman–Crippen LogP) is 2.55. The van der Waals surface area contributed by atoms with Gasteiger partial charge in [0.25, 0.3) is 0 Å². The molecule has 0 radical (unpaired) electrons. The van der Waals surface area contributed by atoms with E-state index in [2.05, 4.69) is 12.2 Å². The predicted molar refractivity (Wildman–Crippen MR) is 60.9 cm³/mol. The Morgan fingerprint density at radius 2 is 2.00 bits per heavy atom. The number of halogens is 3. The van der Waals surface area contributed by atoms with E-state index in [0.717, 1.165) is 25.8 Å². The number of nitrogens with zero attached hydrogens (tertiary/aromatic N) is 1. The SMILES string of the molecule is CCC1CCN(C2(C(F)(F)F)CC2)CCCN1. The molecule has 0 aromatic carbocycles. The van der Waals surface area contributed by atoms with Crippen LogP contribution < -0.4 is 5.32 Å². The minimum absolute atomic E-state index is 0.292. The Morgan fingerprint density at radius 1 is 1.29 bits per heavy atom. The molecule has 2 fully saturated rings. The van der Waals surface area contributed by atoms with Gasteiger partial charge in [0.05, 0.1) is 0 Å². The smallest absolute Gasteiger partial charge is 0.314 e. The molecule has 1 heterocycles. The molecule has 0 spiro atoms. The van der Waals surface area contributed by atoms with E-state index in [1.165, 1.54) is 0 Å². The summed E-state index contributed by atoms with van der Waals surface area (Å²) in [5.41, 5.74) is -1.47. The molecule has 1 N–H and O–H groups in total. The van der Waals surface area contributed by atoms with Crippen molar-refractivity contribution in [2.75, 3.05) is 19.6 Å². The molecule has 0 aromatic rings. The van der Waals surface area contributed by atoms with E-state index in [0.29, 0.717) is 32.0 Å². The standard InChI is InChI=1S/C12H21F3N2/c1-2-10-4-9-17(8-3-7-16-10)11(5-6-11)12(13,14)15/h10,16H,2-9H2,1H3. The van der Waals surface area contributed by atoms with Crippen molar-refractivity contribution in [1.29, 1.82) is 0 Å². The average Bonchev–Trinajstić information content (AvgIpc) is 2.98. The van der Waals surface area contributed by atoms with E-state index < -0.39 is 11.7 Å². The molecule has 100 valence electrons. The van der Waals surface area contributed by atoms with E-state index in [-0.39, 0.29) is 0 Å². The topological polar surface area (TPSA) is 15.3 Å². The number of hydrogen-bond donors (Lipinski definition) is 1. The lowest BCUT2D eigenvalue weighted by Crippen LogP contribution is -2.51. The van der Waals surface area contributed by atoms with Crippen molar-refractivity contribution in [3.05, 3.63) is 0 Å². The van der Waals surface area contributed by atoms with E-state index in [9.17, 15) is 13.2 Å². The maximum Gasteiger partial charge on any atom is 0.406 e. The van der Waals surface area contributed by atoms with Gasteiger partial charge in [-0.25, -0.2) is 0 Å². The Balaban J connectivity index is 2.00. The first-order valence-electron chi connectivity index (χ1n) is 6.55. The summed E-state index contributed by atoms with van der Waals surface area (Å²) in [5.74, 6) is 0. The normalized spacial score (nSPS) is 30.7. The second-order valence-electron chi connectivity index (χ2n) is 5.22. The summed E-state index contributed by atoms with van der Waals surface area (Å²) in [7, 11) is 0. The second kappa shape index (κ2) is 4.76. The third-order valence-electron chi connectivity index (χ3n) is 4.13. The minimum Gasteiger partial charge on any atom is -0.314 e. The fourth-order valence-corrected chi connectivity index (χ4v) is 2.78. The third-order valence-corrected chi connectivity index (χ3v) is 4.13. The van der Waals surface area contributed by atoms with Crippen molar-refractivity contribution < 1.29 is 13.2 Å². The molecule has 0 bridgehead atoms. The monoisotopic (exact) mass is 250 g/mol. The largest absolute Gasteiger partial charge is 0.406 e. The average molecular weight is 250 g/mol. The van der Waals surface area contributed by atoms with E-state index in [1.54, 1.807) is 4.90 Å². The van der Waals surface area contributed by atoms with Crippen LogP contribution in [0.25, 0.3) is 0 Å². The van der Waals surface area contributed by atoms with Gasteiger partial charge in [0.1, 0.15) is 5.54 Å². The van der Waals surface area contributed by atoms with Crippen LogP contribution in [-0.4, -0.2) is 42.3 Å². The maximum atomic E-state index is 13.0. The van der Waals surface area contributed by atoms with Gasteiger partial charge in [-0.15, -0.1) is 0 Å². The molecular weight excluding hydrogens is 229 g/mol. The second-order valence-corrected chi connectivity index (χ2v) is 5.22. The van der Waals surface area contributed by atoms with Crippen molar-refractivity contribution in [1.82, 2.24) is 10.2 Å². The molecule has 1 atom stereocenters. The van der Waals surface area contributed by atoms with E-state index in [1.807, 2.05) is 0 Å². The summed E-state index contributed by atoms with van der Waals surface area (Å²) >= 11 is 0. The van der Waals surface area contributed by atoms with Gasteiger partial charge >= 0.3 is 6.18 Å². The van der Waals surface area contributed by atoms with Crippen molar-refractivity contribution in [3.8, 4) is 0 Å². The molecule has 2 rings (SSSR count). The molecule has 2 aliphatic rings. The van der Waals surface area contributed by atoms with Gasteiger partial charge in [-0.05, 0) is 38.6 Å². The Hall–Kier alpha value is -0.290. The van der Waals surface area contributed by atoms with Crippen LogP contribution in [0.15, 0.2) is 0 Å². The van der Waals surface area contributed by atoms with Gasteiger partial charge in [-0.3, -0.25) is 4.90 Å². The minimum atomic E-state index is -4.05. The Labute approximate surface area is 101 Å². The lowest BCUT2D eigenvalue weighted by Gasteiger charge is -2.36. The van der Waals surface area contributed by atoms with Crippen LogP contribution in [0.2, 0.25) is 0 Å². The molecular formula is C12H21F3N2. The highest BCUT2D eigenvalue weighted by Gasteiger charge is 2.66. The fraction of sp³-hybridized carbons (Fsp3) is 1.00. The molecule has 17 heavy (non-hydrogen) atoms. The first-order valence-corrected chi connectivity index (χ1v) is 6.55. The van der Waals surface area contributed by atoms with Crippen LogP contribution in [0, 0.1) is 0 Å². The van der Waals surface area contributed by atoms with E-state index in [4.69, 9.17) is 0 Å². The van der Waals surface area contributed by atoms with Gasteiger partial charge in [0.15, 0.2) is 0 Å². The number of rotatable bonds is 2. The van der Waals surface area contributed by atoms with Crippen LogP contribution in [0.1, 0.15) is 39.0 Å². The van der Waals surface area contributed by atoms with Crippen molar-refractivity contribution >= 4 is 0 Å². The van der Waals surface area contributed by atoms with Crippen LogP contribution in [-0.2, 0) is 0 Å². The summed E-state index contributed by atoms with van der Waals surface area (Å²) in [6, 6.07) is 0.377. The number of alkyl halides is 3. The lowest BCUT2D eigenvalue weighted by atomic mass is 10.1. The van der Waals surface area contributed by atoms with Gasteiger partial charge in [0.2, 0.25) is 0 Å². The number of nitrogens with one attached hydrogen (secondary N) is 1. The Kier molecular flexibility index (Phi) is 3.69. The fourth-order valence-electron chi connectivity index (χ4n) is 2.78. The molecule has 1 unspecified atom stereocenters. The highest BCUT2D eigenvalue weighted by Crippen LogP contribution is 2.53. The third kappa shape index (κ3) is 2.60. The zero-order valence-corrected chi connectivity index (χ0v) is 10.3. The van der Waals surface area contributed by atoms with Crippen molar-refractivity contribution in [3.63, 3.8) is 0 Å². The first kappa shape index (κ1) is 13.1. The summed E-state index contributed by atoms with van der Waals surface area (Å²) in [5, 5.41) is 3.39. The zero-order valence-electron chi connectivity index (χ0n) is 10.3. The summed E-state index contributed by atoms with van der Waals surface area (Å²) < 4.78 is 39.1. The van der Waals surface area contributed by atoms with Crippen LogP contribution in [0.4, 0.5) is 13.2 Å². The molecule has 5 heteroatoms. The van der Waals surface area contributed by atoms with Crippen LogP contribution >= 0.6 is 0 Å². The summed E-state index contributed by atoms with van der Waals surface area (Å²) in [4.78, 5) is 1.69. The Bertz CT molecular complexity index is 261.